The molecule has 1 heterocycles. The van der Waals surface area contributed by atoms with E-state index in [1.165, 1.54) is 27.1 Å². The Morgan fingerprint density at radius 2 is 1.71 bits per heavy atom. The summed E-state index contributed by atoms with van der Waals surface area (Å²) in [6.45, 7) is 1.96. The first kappa shape index (κ1) is 17.8. The van der Waals surface area contributed by atoms with Gasteiger partial charge in [0.15, 0.2) is 0 Å². The molecule has 1 saturated heterocycles. The van der Waals surface area contributed by atoms with Crippen molar-refractivity contribution in [2.24, 2.45) is 0 Å². The Hall–Kier alpha value is -2.50. The molecule has 0 bridgehead atoms. The Morgan fingerprint density at radius 3 is 2.33 bits per heavy atom. The standard InChI is InChI=1S/C18H24N2O4/c1-23-17(21)13-15(18(22)24-2)19-14-9-5-6-10-16(14)20-11-7-3-4-8-12-20/h5-6,9-10,13,19H,3-4,7-8,11-12H2,1-2H3/b15-13+. The minimum atomic E-state index is -0.619. The monoisotopic (exact) mass is 332 g/mol. The minimum Gasteiger partial charge on any atom is -0.466 e. The molecule has 24 heavy (non-hydrogen) atoms. The number of carbonyl (C=O) groups is 2. The lowest BCUT2D eigenvalue weighted by Crippen LogP contribution is -2.25. The average Bonchev–Trinajstić information content (AvgIpc) is 2.90. The van der Waals surface area contributed by atoms with Crippen LogP contribution in [-0.2, 0) is 19.1 Å². The Labute approximate surface area is 142 Å². The van der Waals surface area contributed by atoms with E-state index in [2.05, 4.69) is 15.0 Å². The quantitative estimate of drug-likeness (QED) is 0.660. The van der Waals surface area contributed by atoms with Gasteiger partial charge in [0.1, 0.15) is 5.70 Å². The van der Waals surface area contributed by atoms with Gasteiger partial charge in [-0.25, -0.2) is 9.59 Å². The maximum Gasteiger partial charge on any atom is 0.354 e. The van der Waals surface area contributed by atoms with Crippen LogP contribution in [0.25, 0.3) is 0 Å². The van der Waals surface area contributed by atoms with Crippen LogP contribution in [-0.4, -0.2) is 39.2 Å². The third-order valence-corrected chi connectivity index (χ3v) is 3.99. The number of benzene rings is 1. The fourth-order valence-electron chi connectivity index (χ4n) is 2.74. The third-order valence-electron chi connectivity index (χ3n) is 3.99. The molecule has 2 rings (SSSR count). The second-order valence-corrected chi connectivity index (χ2v) is 5.62. The van der Waals surface area contributed by atoms with Gasteiger partial charge in [-0.15, -0.1) is 0 Å². The summed E-state index contributed by atoms with van der Waals surface area (Å²) in [4.78, 5) is 25.8. The van der Waals surface area contributed by atoms with Crippen molar-refractivity contribution in [2.45, 2.75) is 25.7 Å². The van der Waals surface area contributed by atoms with Gasteiger partial charge in [0.25, 0.3) is 0 Å². The topological polar surface area (TPSA) is 67.9 Å². The van der Waals surface area contributed by atoms with Gasteiger partial charge in [0.05, 0.1) is 31.7 Å². The third kappa shape index (κ3) is 4.75. The molecular formula is C18H24N2O4. The van der Waals surface area contributed by atoms with Crippen LogP contribution in [0, 0.1) is 0 Å². The lowest BCUT2D eigenvalue weighted by molar-refractivity contribution is -0.138. The van der Waals surface area contributed by atoms with E-state index >= 15 is 0 Å². The molecule has 0 saturated carbocycles. The summed E-state index contributed by atoms with van der Waals surface area (Å²) >= 11 is 0. The summed E-state index contributed by atoms with van der Waals surface area (Å²) in [5.41, 5.74) is 1.82. The molecule has 0 spiro atoms. The number of hydrogen-bond donors (Lipinski definition) is 1. The molecule has 1 N–H and O–H groups in total. The number of nitrogens with one attached hydrogen (secondary N) is 1. The van der Waals surface area contributed by atoms with Gasteiger partial charge in [-0.2, -0.15) is 0 Å². The van der Waals surface area contributed by atoms with Crippen LogP contribution in [0.4, 0.5) is 11.4 Å². The second-order valence-electron chi connectivity index (χ2n) is 5.62. The highest BCUT2D eigenvalue weighted by Gasteiger charge is 2.17. The first-order valence-corrected chi connectivity index (χ1v) is 8.14. The van der Waals surface area contributed by atoms with Gasteiger partial charge in [-0.05, 0) is 25.0 Å². The van der Waals surface area contributed by atoms with E-state index in [-0.39, 0.29) is 5.70 Å². The summed E-state index contributed by atoms with van der Waals surface area (Å²) in [7, 11) is 2.54. The van der Waals surface area contributed by atoms with Crippen molar-refractivity contribution in [1.82, 2.24) is 0 Å². The van der Waals surface area contributed by atoms with Gasteiger partial charge in [-0.3, -0.25) is 0 Å². The van der Waals surface area contributed by atoms with E-state index in [0.717, 1.165) is 43.4 Å². The van der Waals surface area contributed by atoms with Gasteiger partial charge >= 0.3 is 11.9 Å². The number of rotatable bonds is 5. The predicted molar refractivity (Wildman–Crippen MR) is 92.9 cm³/mol. The fourth-order valence-corrected chi connectivity index (χ4v) is 2.74. The van der Waals surface area contributed by atoms with Crippen LogP contribution in [0.1, 0.15) is 25.7 Å². The Morgan fingerprint density at radius 1 is 1.04 bits per heavy atom. The number of nitrogens with zero attached hydrogens (tertiary/aromatic N) is 1. The molecule has 0 atom stereocenters. The number of hydrogen-bond acceptors (Lipinski definition) is 6. The van der Waals surface area contributed by atoms with Crippen LogP contribution in [0.2, 0.25) is 0 Å². The molecule has 1 aromatic rings. The largest absolute Gasteiger partial charge is 0.466 e. The number of ether oxygens (including phenoxy) is 2. The summed E-state index contributed by atoms with van der Waals surface area (Å²) in [6.07, 6.45) is 5.88. The maximum atomic E-state index is 11.9. The molecule has 1 aliphatic heterocycles. The highest BCUT2D eigenvalue weighted by atomic mass is 16.5. The van der Waals surface area contributed by atoms with E-state index in [0.29, 0.717) is 0 Å². The van der Waals surface area contributed by atoms with Crippen molar-refractivity contribution < 1.29 is 19.1 Å². The van der Waals surface area contributed by atoms with Crippen molar-refractivity contribution in [2.75, 3.05) is 37.5 Å². The van der Waals surface area contributed by atoms with E-state index < -0.39 is 11.9 Å². The summed E-state index contributed by atoms with van der Waals surface area (Å²) < 4.78 is 9.35. The van der Waals surface area contributed by atoms with Crippen LogP contribution in [0.3, 0.4) is 0 Å². The van der Waals surface area contributed by atoms with Crippen LogP contribution >= 0.6 is 0 Å². The molecule has 0 amide bonds. The van der Waals surface area contributed by atoms with E-state index in [4.69, 9.17) is 4.74 Å². The molecule has 0 aliphatic carbocycles. The first-order chi connectivity index (χ1) is 11.7. The number of carbonyl (C=O) groups excluding carboxylic acids is 2. The van der Waals surface area contributed by atoms with Crippen LogP contribution in [0.15, 0.2) is 36.0 Å². The van der Waals surface area contributed by atoms with Crippen molar-refractivity contribution in [3.63, 3.8) is 0 Å². The van der Waals surface area contributed by atoms with Gasteiger partial charge in [0, 0.05) is 13.1 Å². The number of anilines is 2. The molecule has 130 valence electrons. The lowest BCUT2D eigenvalue weighted by Gasteiger charge is -2.26. The van der Waals surface area contributed by atoms with E-state index in [1.54, 1.807) is 0 Å². The van der Waals surface area contributed by atoms with Crippen molar-refractivity contribution in [3.05, 3.63) is 36.0 Å². The van der Waals surface area contributed by atoms with E-state index in [1.807, 2.05) is 24.3 Å². The minimum absolute atomic E-state index is 0.0478. The zero-order valence-corrected chi connectivity index (χ0v) is 14.2. The van der Waals surface area contributed by atoms with Gasteiger partial charge < -0.3 is 19.7 Å². The SMILES string of the molecule is COC(=O)/C=C(/Nc1ccccc1N1CCCCCC1)C(=O)OC. The molecule has 1 aromatic carbocycles. The molecular weight excluding hydrogens is 308 g/mol. The molecule has 1 aliphatic rings. The Balaban J connectivity index is 2.28. The highest BCUT2D eigenvalue weighted by Crippen LogP contribution is 2.29. The lowest BCUT2D eigenvalue weighted by atomic mass is 10.2. The molecule has 0 unspecified atom stereocenters. The van der Waals surface area contributed by atoms with Crippen molar-refractivity contribution in [3.8, 4) is 0 Å². The van der Waals surface area contributed by atoms with Crippen molar-refractivity contribution in [1.29, 1.82) is 0 Å². The first-order valence-electron chi connectivity index (χ1n) is 8.14. The molecule has 1 fully saturated rings. The smallest absolute Gasteiger partial charge is 0.354 e. The average molecular weight is 332 g/mol. The van der Waals surface area contributed by atoms with Gasteiger partial charge in [0.2, 0.25) is 0 Å². The van der Waals surface area contributed by atoms with E-state index in [9.17, 15) is 9.59 Å². The second kappa shape index (κ2) is 8.96. The zero-order valence-electron chi connectivity index (χ0n) is 14.2. The number of esters is 2. The Bertz CT molecular complexity index is 605. The maximum absolute atomic E-state index is 11.9. The molecule has 0 aromatic heterocycles. The fraction of sp³-hybridized carbons (Fsp3) is 0.444. The summed E-state index contributed by atoms with van der Waals surface area (Å²) in [5, 5.41) is 3.03. The summed E-state index contributed by atoms with van der Waals surface area (Å²) in [5.74, 6) is -1.23. The number of para-hydroxylation sites is 2. The van der Waals surface area contributed by atoms with Crippen LogP contribution in [0.5, 0.6) is 0 Å². The summed E-state index contributed by atoms with van der Waals surface area (Å²) in [6, 6.07) is 7.75. The molecule has 6 nitrogen and oxygen atoms in total. The van der Waals surface area contributed by atoms with Crippen molar-refractivity contribution >= 4 is 23.3 Å². The molecule has 6 heteroatoms. The highest BCUT2D eigenvalue weighted by molar-refractivity contribution is 5.99. The molecule has 0 radical (unpaired) electrons. The van der Waals surface area contributed by atoms with Crippen LogP contribution < -0.4 is 10.2 Å². The van der Waals surface area contributed by atoms with Gasteiger partial charge in [-0.1, -0.05) is 25.0 Å². The normalized spacial score (nSPS) is 15.4. The predicted octanol–water partition coefficient (Wildman–Crippen LogP) is 2.71. The number of methoxy groups -OCH3 is 2. The zero-order chi connectivity index (χ0) is 17.4. The Kier molecular flexibility index (Phi) is 6.66.